The molecule has 0 aliphatic carbocycles. The number of hydrogen-bond acceptors (Lipinski definition) is 13. The van der Waals surface area contributed by atoms with Gasteiger partial charge in [-0.05, 0) is 32.1 Å². The molecule has 2 aliphatic heterocycles. The number of carbonyl (C=O) groups excluding carboxylic acids is 1. The second-order valence-electron chi connectivity index (χ2n) is 28.2. The van der Waals surface area contributed by atoms with Gasteiger partial charge < -0.3 is 65.1 Å². The summed E-state index contributed by atoms with van der Waals surface area (Å²) in [5, 5.41) is 87.6. The third-order valence-corrected chi connectivity index (χ3v) is 19.6. The zero-order valence-corrected chi connectivity index (χ0v) is 59.6. The Morgan fingerprint density at radius 3 is 1.07 bits per heavy atom. The SMILES string of the molecule is CCCCCCCCCCCCCCCCCCCCCCCC/C=C/CC/C=C/C(O)C(COC1OC(CO)C(OC2OC(CO)C(O)C(O)C2O)C(O)C1O)NC(=O)CCCCCCCCCCCCCCCCCCCCCCCCCCCCCCCC. The van der Waals surface area contributed by atoms with Gasteiger partial charge in [0.2, 0.25) is 5.91 Å². The van der Waals surface area contributed by atoms with Gasteiger partial charge in [-0.1, -0.05) is 359 Å². The Morgan fingerprint density at radius 1 is 0.380 bits per heavy atom. The molecule has 0 aromatic heterocycles. The second kappa shape index (κ2) is 63.0. The second-order valence-corrected chi connectivity index (χ2v) is 28.2. The summed E-state index contributed by atoms with van der Waals surface area (Å²) >= 11 is 0. The van der Waals surface area contributed by atoms with Crippen LogP contribution in [0, 0.1) is 0 Å². The van der Waals surface area contributed by atoms with Crippen molar-refractivity contribution in [2.45, 2.75) is 447 Å². The summed E-state index contributed by atoms with van der Waals surface area (Å²) in [6, 6.07) is -0.930. The Hall–Kier alpha value is -1.53. The summed E-state index contributed by atoms with van der Waals surface area (Å²) in [7, 11) is 0. The highest BCUT2D eigenvalue weighted by Crippen LogP contribution is 2.30. The highest BCUT2D eigenvalue weighted by molar-refractivity contribution is 5.76. The van der Waals surface area contributed by atoms with E-state index in [4.69, 9.17) is 18.9 Å². The zero-order chi connectivity index (χ0) is 66.6. The van der Waals surface area contributed by atoms with Crippen LogP contribution in [0.2, 0.25) is 0 Å². The van der Waals surface area contributed by atoms with E-state index in [1.54, 1.807) is 6.08 Å². The number of aliphatic hydroxyl groups excluding tert-OH is 8. The fourth-order valence-electron chi connectivity index (χ4n) is 13.4. The highest BCUT2D eigenvalue weighted by Gasteiger charge is 2.51. The van der Waals surface area contributed by atoms with Gasteiger partial charge in [-0.2, -0.15) is 0 Å². The molecule has 0 aromatic carbocycles. The van der Waals surface area contributed by atoms with Crippen molar-refractivity contribution >= 4 is 5.91 Å². The van der Waals surface area contributed by atoms with Crippen molar-refractivity contribution < 1.29 is 64.6 Å². The molecular formula is C78H149NO13. The molecule has 1 amide bonds. The monoisotopic (exact) mass is 1310 g/mol. The van der Waals surface area contributed by atoms with Gasteiger partial charge in [0.15, 0.2) is 12.6 Å². The largest absolute Gasteiger partial charge is 0.394 e. The van der Waals surface area contributed by atoms with Gasteiger partial charge in [0.1, 0.15) is 48.8 Å². The molecule has 2 rings (SSSR count). The Balaban J connectivity index is 1.64. The molecule has 92 heavy (non-hydrogen) atoms. The van der Waals surface area contributed by atoms with E-state index in [-0.39, 0.29) is 18.9 Å². The molecule has 12 atom stereocenters. The van der Waals surface area contributed by atoms with Gasteiger partial charge in [0, 0.05) is 6.42 Å². The molecule has 14 heteroatoms. The van der Waals surface area contributed by atoms with Crippen LogP contribution in [0.25, 0.3) is 0 Å². The first-order chi connectivity index (χ1) is 45.1. The van der Waals surface area contributed by atoms with E-state index >= 15 is 0 Å². The van der Waals surface area contributed by atoms with Crippen LogP contribution in [-0.4, -0.2) is 140 Å². The first kappa shape index (κ1) is 86.6. The van der Waals surface area contributed by atoms with Crippen LogP contribution >= 0.6 is 0 Å². The van der Waals surface area contributed by atoms with Crippen molar-refractivity contribution in [2.75, 3.05) is 19.8 Å². The minimum absolute atomic E-state index is 0.240. The molecule has 0 bridgehead atoms. The Bertz CT molecular complexity index is 1640. The van der Waals surface area contributed by atoms with E-state index < -0.39 is 86.8 Å². The Morgan fingerprint density at radius 2 is 0.696 bits per heavy atom. The van der Waals surface area contributed by atoms with Crippen LogP contribution in [0.3, 0.4) is 0 Å². The quantitative estimate of drug-likeness (QED) is 0.0204. The fraction of sp³-hybridized carbons (Fsp3) is 0.936. The third kappa shape index (κ3) is 45.9. The van der Waals surface area contributed by atoms with Gasteiger partial charge in [0.05, 0.1) is 32.0 Å². The standard InChI is InChI=1S/C78H149NO13/c1-3-5-7-9-11-13-15-17-19-21-23-25-27-29-31-33-34-36-38-40-42-44-46-48-50-52-54-56-58-60-62-70(83)79-66(65-89-77-75(88)73(86)76(69(64-81)91-77)92-78-74(87)72(85)71(84)68(63-80)90-78)67(82)61-59-57-55-53-51-49-47-45-43-41-39-37-35-32-30-28-26-24-22-20-18-16-14-12-10-8-6-4-2/h51,53,59,61,66-69,71-78,80-82,84-88H,3-50,52,54-58,60,62-65H2,1-2H3,(H,79,83)/b53-51+,61-59+. The lowest BCUT2D eigenvalue weighted by Gasteiger charge is -2.46. The number of hydrogen-bond donors (Lipinski definition) is 9. The van der Waals surface area contributed by atoms with Gasteiger partial charge in [0.25, 0.3) is 0 Å². The number of nitrogens with one attached hydrogen (secondary N) is 1. The van der Waals surface area contributed by atoms with Crippen molar-refractivity contribution in [2.24, 2.45) is 0 Å². The Labute approximate surface area is 564 Å². The zero-order valence-electron chi connectivity index (χ0n) is 59.6. The van der Waals surface area contributed by atoms with E-state index in [9.17, 15) is 45.6 Å². The number of allylic oxidation sites excluding steroid dienone is 3. The lowest BCUT2D eigenvalue weighted by atomic mass is 9.97. The Kier molecular flexibility index (Phi) is 59.2. The van der Waals surface area contributed by atoms with Gasteiger partial charge in [-0.15, -0.1) is 0 Å². The van der Waals surface area contributed by atoms with E-state index in [0.29, 0.717) is 12.8 Å². The summed E-state index contributed by atoms with van der Waals surface area (Å²) in [5.74, 6) is -0.240. The number of ether oxygens (including phenoxy) is 4. The normalized spacial score (nSPS) is 22.7. The molecule has 0 saturated carbocycles. The minimum Gasteiger partial charge on any atom is -0.394 e. The average Bonchev–Trinajstić information content (AvgIpc) is 0.864. The number of amides is 1. The van der Waals surface area contributed by atoms with Gasteiger partial charge in [-0.25, -0.2) is 0 Å². The van der Waals surface area contributed by atoms with E-state index in [0.717, 1.165) is 32.1 Å². The molecule has 0 aromatic rings. The van der Waals surface area contributed by atoms with Crippen molar-refractivity contribution in [3.63, 3.8) is 0 Å². The molecule has 2 fully saturated rings. The molecule has 0 spiro atoms. The topological polar surface area (TPSA) is 228 Å². The summed E-state index contributed by atoms with van der Waals surface area (Å²) < 4.78 is 22.9. The predicted octanol–water partition coefficient (Wildman–Crippen LogP) is 17.5. The molecule has 14 nitrogen and oxygen atoms in total. The lowest BCUT2D eigenvalue weighted by Crippen LogP contribution is -2.65. The molecular weight excluding hydrogens is 1160 g/mol. The highest BCUT2D eigenvalue weighted by atomic mass is 16.7. The maximum atomic E-state index is 13.4. The first-order valence-corrected chi connectivity index (χ1v) is 39.6. The number of unbranched alkanes of at least 4 members (excludes halogenated alkanes) is 52. The van der Waals surface area contributed by atoms with E-state index in [1.165, 1.54) is 308 Å². The van der Waals surface area contributed by atoms with Crippen LogP contribution in [0.4, 0.5) is 0 Å². The predicted molar refractivity (Wildman–Crippen MR) is 378 cm³/mol. The average molecular weight is 1310 g/mol. The summed E-state index contributed by atoms with van der Waals surface area (Å²) in [6.07, 6.45) is 64.1. The smallest absolute Gasteiger partial charge is 0.220 e. The van der Waals surface area contributed by atoms with E-state index in [1.807, 2.05) is 6.08 Å². The van der Waals surface area contributed by atoms with Gasteiger partial charge in [-0.3, -0.25) is 4.79 Å². The summed E-state index contributed by atoms with van der Waals surface area (Å²) in [6.45, 7) is 2.86. The number of carbonyl (C=O) groups is 1. The summed E-state index contributed by atoms with van der Waals surface area (Å²) in [4.78, 5) is 13.4. The minimum atomic E-state index is -1.79. The number of aliphatic hydroxyl groups is 8. The van der Waals surface area contributed by atoms with Crippen LogP contribution in [0.1, 0.15) is 373 Å². The van der Waals surface area contributed by atoms with Crippen LogP contribution in [-0.2, 0) is 23.7 Å². The first-order valence-electron chi connectivity index (χ1n) is 39.6. The van der Waals surface area contributed by atoms with Gasteiger partial charge >= 0.3 is 0 Å². The van der Waals surface area contributed by atoms with E-state index in [2.05, 4.69) is 31.3 Å². The lowest BCUT2D eigenvalue weighted by molar-refractivity contribution is -0.359. The molecule has 544 valence electrons. The van der Waals surface area contributed by atoms with Crippen LogP contribution in [0.15, 0.2) is 24.3 Å². The van der Waals surface area contributed by atoms with Crippen LogP contribution < -0.4 is 5.32 Å². The molecule has 2 heterocycles. The third-order valence-electron chi connectivity index (χ3n) is 19.6. The molecule has 12 unspecified atom stereocenters. The number of rotatable bonds is 67. The fourth-order valence-corrected chi connectivity index (χ4v) is 13.4. The summed E-state index contributed by atoms with van der Waals surface area (Å²) in [5.41, 5.74) is 0. The maximum absolute atomic E-state index is 13.4. The van der Waals surface area contributed by atoms with Crippen molar-refractivity contribution in [3.05, 3.63) is 24.3 Å². The molecule has 9 N–H and O–H groups in total. The molecule has 2 aliphatic rings. The molecule has 2 saturated heterocycles. The van der Waals surface area contributed by atoms with Crippen molar-refractivity contribution in [3.8, 4) is 0 Å². The molecule has 0 radical (unpaired) electrons. The van der Waals surface area contributed by atoms with Crippen molar-refractivity contribution in [1.82, 2.24) is 5.32 Å². The van der Waals surface area contributed by atoms with Crippen LogP contribution in [0.5, 0.6) is 0 Å². The van der Waals surface area contributed by atoms with Crippen molar-refractivity contribution in [1.29, 1.82) is 0 Å². The maximum Gasteiger partial charge on any atom is 0.220 e.